The Morgan fingerprint density at radius 3 is 2.23 bits per heavy atom. The monoisotopic (exact) mass is 657 g/mol. The minimum absolute atomic E-state index is 0.0157. The van der Waals surface area contributed by atoms with Gasteiger partial charge >= 0.3 is 6.03 Å². The summed E-state index contributed by atoms with van der Waals surface area (Å²) >= 11 is 0. The van der Waals surface area contributed by atoms with E-state index >= 15 is 0 Å². The Labute approximate surface area is 278 Å². The van der Waals surface area contributed by atoms with Crippen LogP contribution >= 0.6 is 0 Å². The van der Waals surface area contributed by atoms with Gasteiger partial charge in [0.2, 0.25) is 5.95 Å². The number of amides is 2. The van der Waals surface area contributed by atoms with Gasteiger partial charge in [0, 0.05) is 44.2 Å². The average molecular weight is 658 g/mol. The van der Waals surface area contributed by atoms with Crippen molar-refractivity contribution in [2.45, 2.75) is 55.4 Å². The number of carbonyl (C=O) groups is 1. The minimum atomic E-state index is -1.30. The summed E-state index contributed by atoms with van der Waals surface area (Å²) in [6.45, 7) is 3.02. The summed E-state index contributed by atoms with van der Waals surface area (Å²) in [5.74, 6) is 0.968. The molecule has 48 heavy (non-hydrogen) atoms. The highest BCUT2D eigenvalue weighted by Gasteiger charge is 2.44. The lowest BCUT2D eigenvalue weighted by atomic mass is 9.91. The van der Waals surface area contributed by atoms with Crippen LogP contribution in [0.4, 0.5) is 16.6 Å². The number of hydrogen-bond acceptors (Lipinski definition) is 11. The molecule has 6 atom stereocenters. The molecule has 2 aromatic carbocycles. The van der Waals surface area contributed by atoms with Crippen molar-refractivity contribution in [1.82, 2.24) is 35.1 Å². The van der Waals surface area contributed by atoms with Gasteiger partial charge < -0.3 is 45.8 Å². The lowest BCUT2D eigenvalue weighted by Gasteiger charge is -2.22. The predicted molar refractivity (Wildman–Crippen MR) is 180 cm³/mol. The second-order valence-electron chi connectivity index (χ2n) is 13.0. The van der Waals surface area contributed by atoms with Gasteiger partial charge in [-0.3, -0.25) is 4.57 Å². The first-order valence-corrected chi connectivity index (χ1v) is 16.6. The standard InChI is InChI=1S/C34H43N9O5/c1-41-14-12-23(17-41)37-34(47)38-24-13-15-42(18-24)33-39-30(35-16-25(21-8-4-2-5-9-21)22-10-6-3-7-11-22)27-31(40-33)43(20-36-27)32-29(46)28(45)26(19-44)48-32/h2-11,20,23-26,28-29,32,44-46H,12-19H2,1H3,(H,35,39,40)(H2,37,38,47)/t23-,24+,26+,28+,29+,32+/m0/s1. The van der Waals surface area contributed by atoms with Gasteiger partial charge in [0.25, 0.3) is 0 Å². The van der Waals surface area contributed by atoms with Crippen LogP contribution in [-0.4, -0.2) is 123 Å². The highest BCUT2D eigenvalue weighted by Crippen LogP contribution is 2.34. The molecule has 0 saturated carbocycles. The van der Waals surface area contributed by atoms with Crippen molar-refractivity contribution in [2.24, 2.45) is 0 Å². The molecule has 3 saturated heterocycles. The van der Waals surface area contributed by atoms with Crippen molar-refractivity contribution in [3.05, 3.63) is 78.1 Å². The molecule has 6 N–H and O–H groups in total. The molecule has 0 spiro atoms. The number of aliphatic hydroxyl groups is 3. The first-order valence-electron chi connectivity index (χ1n) is 16.6. The number of likely N-dealkylation sites (N-methyl/N-ethyl adjacent to an activating group) is 1. The van der Waals surface area contributed by atoms with Crippen molar-refractivity contribution >= 4 is 29.0 Å². The Bertz CT molecular complexity index is 1650. The number of nitrogens with one attached hydrogen (secondary N) is 3. The fourth-order valence-electron chi connectivity index (χ4n) is 6.99. The summed E-state index contributed by atoms with van der Waals surface area (Å²) in [6.07, 6.45) is -1.35. The number of urea groups is 1. The number of aromatic nitrogens is 4. The van der Waals surface area contributed by atoms with Crippen LogP contribution < -0.4 is 20.9 Å². The van der Waals surface area contributed by atoms with E-state index in [1.165, 1.54) is 6.33 Å². The van der Waals surface area contributed by atoms with Gasteiger partial charge in [0.15, 0.2) is 23.2 Å². The molecule has 2 amide bonds. The van der Waals surface area contributed by atoms with Crippen LogP contribution in [0.3, 0.4) is 0 Å². The molecule has 3 fully saturated rings. The molecule has 0 bridgehead atoms. The maximum absolute atomic E-state index is 12.8. The molecule has 7 rings (SSSR count). The molecule has 0 radical (unpaired) electrons. The van der Waals surface area contributed by atoms with Crippen LogP contribution in [0.2, 0.25) is 0 Å². The first-order chi connectivity index (χ1) is 23.4. The number of anilines is 2. The zero-order valence-corrected chi connectivity index (χ0v) is 26.9. The largest absolute Gasteiger partial charge is 0.394 e. The second kappa shape index (κ2) is 14.0. The van der Waals surface area contributed by atoms with E-state index in [0.29, 0.717) is 42.6 Å². The van der Waals surface area contributed by atoms with Crippen LogP contribution in [0.5, 0.6) is 0 Å². The number of rotatable bonds is 10. The summed E-state index contributed by atoms with van der Waals surface area (Å²) in [6, 6.07) is 20.4. The molecule has 0 aliphatic carbocycles. The van der Waals surface area contributed by atoms with Gasteiger partial charge in [0.1, 0.15) is 18.3 Å². The lowest BCUT2D eigenvalue weighted by molar-refractivity contribution is -0.0511. The summed E-state index contributed by atoms with van der Waals surface area (Å²) in [5, 5.41) is 40.8. The fourth-order valence-corrected chi connectivity index (χ4v) is 6.99. The van der Waals surface area contributed by atoms with E-state index in [4.69, 9.17) is 14.7 Å². The number of imidazole rings is 1. The molecule has 254 valence electrons. The zero-order valence-electron chi connectivity index (χ0n) is 26.9. The van der Waals surface area contributed by atoms with E-state index in [0.717, 1.165) is 37.1 Å². The fraction of sp³-hybridized carbons (Fsp3) is 0.471. The molecule has 14 heteroatoms. The maximum Gasteiger partial charge on any atom is 0.315 e. The van der Waals surface area contributed by atoms with Crippen molar-refractivity contribution in [3.8, 4) is 0 Å². The molecule has 3 aliphatic rings. The number of likely N-dealkylation sites (tertiary alicyclic amines) is 1. The smallest absolute Gasteiger partial charge is 0.315 e. The van der Waals surface area contributed by atoms with E-state index < -0.39 is 31.1 Å². The van der Waals surface area contributed by atoms with Crippen LogP contribution in [-0.2, 0) is 4.74 Å². The molecule has 3 aliphatic heterocycles. The van der Waals surface area contributed by atoms with Crippen LogP contribution in [0.15, 0.2) is 67.0 Å². The van der Waals surface area contributed by atoms with Crippen LogP contribution in [0.1, 0.15) is 36.1 Å². The quantitative estimate of drug-likeness (QED) is 0.145. The predicted octanol–water partition coefficient (Wildman–Crippen LogP) is 1.26. The SMILES string of the molecule is CN1CC[C@H](NC(=O)N[C@@H]2CCN(c3nc(NCC(c4ccccc4)c4ccccc4)c4ncn([C@@H]5O[C@H](CO)[C@@H](O)[C@H]5O)c4n3)C2)C1. The number of hydrogen-bond donors (Lipinski definition) is 6. The lowest BCUT2D eigenvalue weighted by Crippen LogP contribution is -2.47. The van der Waals surface area contributed by atoms with Crippen molar-refractivity contribution < 1.29 is 24.9 Å². The van der Waals surface area contributed by atoms with Gasteiger partial charge in [-0.2, -0.15) is 9.97 Å². The van der Waals surface area contributed by atoms with Crippen molar-refractivity contribution in [2.75, 3.05) is 56.6 Å². The summed E-state index contributed by atoms with van der Waals surface area (Å²) in [5.41, 5.74) is 3.18. The Morgan fingerprint density at radius 2 is 1.60 bits per heavy atom. The van der Waals surface area contributed by atoms with E-state index in [9.17, 15) is 20.1 Å². The number of ether oxygens (including phenoxy) is 1. The normalized spacial score (nSPS) is 26.1. The third-order valence-electron chi connectivity index (χ3n) is 9.61. The number of benzene rings is 2. The van der Waals surface area contributed by atoms with E-state index in [1.807, 2.05) is 41.3 Å². The number of aliphatic hydroxyl groups excluding tert-OH is 3. The van der Waals surface area contributed by atoms with E-state index in [1.54, 1.807) is 4.57 Å². The number of carbonyl (C=O) groups excluding carboxylic acids is 1. The first kappa shape index (κ1) is 32.2. The molecule has 2 aromatic heterocycles. The Hall–Kier alpha value is -4.34. The zero-order chi connectivity index (χ0) is 33.2. The average Bonchev–Trinajstić information content (AvgIpc) is 3.90. The van der Waals surface area contributed by atoms with Crippen LogP contribution in [0, 0.1) is 0 Å². The molecule has 14 nitrogen and oxygen atoms in total. The van der Waals surface area contributed by atoms with Gasteiger partial charge in [-0.25, -0.2) is 9.78 Å². The Kier molecular flexibility index (Phi) is 9.41. The third kappa shape index (κ3) is 6.66. The number of fused-ring (bicyclic) bond motifs is 1. The number of nitrogens with zero attached hydrogens (tertiary/aromatic N) is 6. The highest BCUT2D eigenvalue weighted by atomic mass is 16.6. The summed E-state index contributed by atoms with van der Waals surface area (Å²) < 4.78 is 7.43. The Morgan fingerprint density at radius 1 is 0.938 bits per heavy atom. The topological polar surface area (TPSA) is 173 Å². The van der Waals surface area contributed by atoms with Crippen molar-refractivity contribution in [1.29, 1.82) is 0 Å². The van der Waals surface area contributed by atoms with E-state index in [2.05, 4.69) is 57.1 Å². The third-order valence-corrected chi connectivity index (χ3v) is 9.61. The molecular weight excluding hydrogens is 614 g/mol. The van der Waals surface area contributed by atoms with Gasteiger partial charge in [-0.15, -0.1) is 0 Å². The summed E-state index contributed by atoms with van der Waals surface area (Å²) in [4.78, 5) is 31.5. The molecule has 0 unspecified atom stereocenters. The maximum atomic E-state index is 12.8. The van der Waals surface area contributed by atoms with E-state index in [-0.39, 0.29) is 24.0 Å². The van der Waals surface area contributed by atoms with Crippen LogP contribution in [0.25, 0.3) is 11.2 Å². The van der Waals surface area contributed by atoms with Gasteiger partial charge in [-0.1, -0.05) is 60.7 Å². The van der Waals surface area contributed by atoms with Gasteiger partial charge in [-0.05, 0) is 37.6 Å². The van der Waals surface area contributed by atoms with Crippen molar-refractivity contribution in [3.63, 3.8) is 0 Å². The summed E-state index contributed by atoms with van der Waals surface area (Å²) in [7, 11) is 2.05. The molecule has 4 aromatic rings. The molecular formula is C34H43N9O5. The Balaban J connectivity index is 1.17. The highest BCUT2D eigenvalue weighted by molar-refractivity contribution is 5.84. The minimum Gasteiger partial charge on any atom is -0.394 e. The molecule has 5 heterocycles. The van der Waals surface area contributed by atoms with Gasteiger partial charge in [0.05, 0.1) is 12.9 Å². The second-order valence-corrected chi connectivity index (χ2v) is 13.0.